The summed E-state index contributed by atoms with van der Waals surface area (Å²) in [4.78, 5) is 0.000700. The molecule has 110 valence electrons. The van der Waals surface area contributed by atoms with E-state index in [1.165, 1.54) is 16.4 Å². The lowest BCUT2D eigenvalue weighted by Crippen LogP contribution is -2.25. The molecule has 0 atom stereocenters. The molecule has 0 saturated carbocycles. The highest BCUT2D eigenvalue weighted by Crippen LogP contribution is 2.29. The summed E-state index contributed by atoms with van der Waals surface area (Å²) in [6, 6.07) is 11.0. The number of hydrogen-bond acceptors (Lipinski definition) is 3. The summed E-state index contributed by atoms with van der Waals surface area (Å²) >= 11 is 0. The second-order valence-corrected chi connectivity index (χ2v) is 6.89. The van der Waals surface area contributed by atoms with Crippen molar-refractivity contribution in [2.45, 2.75) is 24.6 Å². The molecule has 0 radical (unpaired) electrons. The lowest BCUT2D eigenvalue weighted by Gasteiger charge is -2.16. The van der Waals surface area contributed by atoms with Crippen molar-refractivity contribution in [3.05, 3.63) is 65.0 Å². The van der Waals surface area contributed by atoms with Crippen molar-refractivity contribution >= 4 is 10.0 Å². The molecule has 2 aromatic carbocycles. The zero-order chi connectivity index (χ0) is 15.0. The summed E-state index contributed by atoms with van der Waals surface area (Å²) < 4.78 is 39.9. The third-order valence-corrected chi connectivity index (χ3v) is 5.42. The molecule has 1 aliphatic rings. The first-order valence-electron chi connectivity index (χ1n) is 6.48. The van der Waals surface area contributed by atoms with Crippen molar-refractivity contribution in [2.75, 3.05) is 0 Å². The molecule has 1 aliphatic heterocycles. The van der Waals surface area contributed by atoms with Crippen LogP contribution in [0.2, 0.25) is 0 Å². The fraction of sp³-hybridized carbons (Fsp3) is 0.200. The number of aliphatic hydroxyl groups excluding tert-OH is 1. The number of benzene rings is 2. The Labute approximate surface area is 122 Å². The minimum atomic E-state index is -3.70. The largest absolute Gasteiger partial charge is 0.392 e. The van der Waals surface area contributed by atoms with Gasteiger partial charge >= 0.3 is 0 Å². The Morgan fingerprint density at radius 2 is 1.71 bits per heavy atom. The number of hydrogen-bond donors (Lipinski definition) is 1. The van der Waals surface area contributed by atoms with Crippen LogP contribution in [0.1, 0.15) is 16.7 Å². The molecular weight excluding hydrogens is 293 g/mol. The highest BCUT2D eigenvalue weighted by molar-refractivity contribution is 7.89. The zero-order valence-corrected chi connectivity index (χ0v) is 12.0. The van der Waals surface area contributed by atoms with E-state index in [4.69, 9.17) is 5.11 Å². The number of nitrogens with zero attached hydrogens (tertiary/aromatic N) is 1. The van der Waals surface area contributed by atoms with Gasteiger partial charge in [0.25, 0.3) is 0 Å². The molecule has 1 heterocycles. The topological polar surface area (TPSA) is 57.6 Å². The van der Waals surface area contributed by atoms with Crippen LogP contribution in [0, 0.1) is 5.82 Å². The Bertz CT molecular complexity index is 764. The fourth-order valence-corrected chi connectivity index (χ4v) is 3.90. The molecule has 0 spiro atoms. The van der Waals surface area contributed by atoms with Crippen LogP contribution in [0.25, 0.3) is 0 Å². The summed E-state index contributed by atoms with van der Waals surface area (Å²) in [6.07, 6.45) is 0. The van der Waals surface area contributed by atoms with Gasteiger partial charge in [-0.1, -0.05) is 24.3 Å². The van der Waals surface area contributed by atoms with Gasteiger partial charge in [-0.2, -0.15) is 4.31 Å². The van der Waals surface area contributed by atoms with Crippen molar-refractivity contribution in [1.82, 2.24) is 4.31 Å². The van der Waals surface area contributed by atoms with E-state index in [2.05, 4.69) is 0 Å². The molecule has 0 unspecified atom stereocenters. The fourth-order valence-electron chi connectivity index (χ4n) is 2.45. The molecule has 0 aromatic heterocycles. The van der Waals surface area contributed by atoms with Crippen LogP contribution in [0.5, 0.6) is 0 Å². The summed E-state index contributed by atoms with van der Waals surface area (Å²) in [5.41, 5.74) is 1.93. The molecule has 0 amide bonds. The highest BCUT2D eigenvalue weighted by atomic mass is 32.2. The average molecular weight is 307 g/mol. The van der Waals surface area contributed by atoms with Crippen LogP contribution in [-0.4, -0.2) is 17.8 Å². The minimum absolute atomic E-state index is 0.000700. The highest BCUT2D eigenvalue weighted by Gasteiger charge is 2.30. The van der Waals surface area contributed by atoms with Gasteiger partial charge < -0.3 is 5.11 Å². The molecule has 6 heteroatoms. The van der Waals surface area contributed by atoms with E-state index in [1.54, 1.807) is 0 Å². The molecule has 0 bridgehead atoms. The first kappa shape index (κ1) is 14.2. The number of aliphatic hydroxyl groups is 1. The second kappa shape index (κ2) is 5.22. The second-order valence-electron chi connectivity index (χ2n) is 4.95. The van der Waals surface area contributed by atoms with Gasteiger partial charge in [-0.15, -0.1) is 0 Å². The van der Waals surface area contributed by atoms with Crippen molar-refractivity contribution in [1.29, 1.82) is 0 Å². The van der Waals surface area contributed by atoms with Gasteiger partial charge in [0, 0.05) is 18.7 Å². The van der Waals surface area contributed by atoms with E-state index in [0.717, 1.165) is 17.2 Å². The Morgan fingerprint density at radius 3 is 2.29 bits per heavy atom. The summed E-state index contributed by atoms with van der Waals surface area (Å²) in [6.45, 7) is 0.0874. The Morgan fingerprint density at radius 1 is 1.10 bits per heavy atom. The van der Waals surface area contributed by atoms with Crippen molar-refractivity contribution in [2.24, 2.45) is 0 Å². The normalized spacial score (nSPS) is 15.1. The molecule has 0 saturated heterocycles. The zero-order valence-electron chi connectivity index (χ0n) is 11.2. The number of fused-ring (bicyclic) bond motifs is 1. The standard InChI is InChI=1S/C15H14FNO3S/c16-15-6-5-14(7-13(15)10-18)21(19,20)17-8-11-3-1-2-4-12(11)9-17/h1-7,18H,8-10H2. The van der Waals surface area contributed by atoms with E-state index in [-0.39, 0.29) is 10.5 Å². The molecule has 21 heavy (non-hydrogen) atoms. The van der Waals surface area contributed by atoms with Crippen LogP contribution in [-0.2, 0) is 29.7 Å². The van der Waals surface area contributed by atoms with Gasteiger partial charge in [-0.05, 0) is 29.3 Å². The SMILES string of the molecule is O=S(=O)(c1ccc(F)c(CO)c1)N1Cc2ccccc2C1. The first-order valence-corrected chi connectivity index (χ1v) is 7.92. The van der Waals surface area contributed by atoms with Crippen LogP contribution in [0.15, 0.2) is 47.4 Å². The van der Waals surface area contributed by atoms with Gasteiger partial charge in [-0.25, -0.2) is 12.8 Å². The maximum atomic E-state index is 13.4. The molecular formula is C15H14FNO3S. The number of sulfonamides is 1. The van der Waals surface area contributed by atoms with Gasteiger partial charge in [0.2, 0.25) is 10.0 Å². The molecule has 0 aliphatic carbocycles. The lowest BCUT2D eigenvalue weighted by atomic mass is 10.1. The lowest BCUT2D eigenvalue weighted by molar-refractivity contribution is 0.275. The third-order valence-electron chi connectivity index (χ3n) is 3.64. The van der Waals surface area contributed by atoms with E-state index in [0.29, 0.717) is 13.1 Å². The molecule has 4 nitrogen and oxygen atoms in total. The van der Waals surface area contributed by atoms with E-state index < -0.39 is 22.4 Å². The van der Waals surface area contributed by atoms with Crippen LogP contribution < -0.4 is 0 Å². The molecule has 1 N–H and O–H groups in total. The summed E-state index contributed by atoms with van der Waals surface area (Å²) in [5, 5.41) is 9.07. The van der Waals surface area contributed by atoms with E-state index >= 15 is 0 Å². The average Bonchev–Trinajstić information content (AvgIpc) is 2.92. The quantitative estimate of drug-likeness (QED) is 0.944. The van der Waals surface area contributed by atoms with E-state index in [1.807, 2.05) is 24.3 Å². The van der Waals surface area contributed by atoms with Gasteiger partial charge in [0.1, 0.15) is 5.82 Å². The molecule has 0 fully saturated rings. The monoisotopic (exact) mass is 307 g/mol. The predicted octanol–water partition coefficient (Wildman–Crippen LogP) is 2.02. The first-order chi connectivity index (χ1) is 10.0. The van der Waals surface area contributed by atoms with Gasteiger partial charge in [-0.3, -0.25) is 0 Å². The Kier molecular flexibility index (Phi) is 3.52. The Hall–Kier alpha value is -1.76. The minimum Gasteiger partial charge on any atom is -0.392 e. The smallest absolute Gasteiger partial charge is 0.243 e. The Balaban J connectivity index is 1.96. The van der Waals surface area contributed by atoms with Gasteiger partial charge in [0.05, 0.1) is 11.5 Å². The molecule has 2 aromatic rings. The van der Waals surface area contributed by atoms with E-state index in [9.17, 15) is 12.8 Å². The number of halogens is 1. The van der Waals surface area contributed by atoms with Crippen molar-refractivity contribution in [3.63, 3.8) is 0 Å². The van der Waals surface area contributed by atoms with Crippen molar-refractivity contribution in [3.8, 4) is 0 Å². The summed E-state index contributed by atoms with van der Waals surface area (Å²) in [7, 11) is -3.70. The summed E-state index contributed by atoms with van der Waals surface area (Å²) in [5.74, 6) is -0.610. The maximum absolute atomic E-state index is 13.4. The maximum Gasteiger partial charge on any atom is 0.243 e. The molecule has 3 rings (SSSR count). The van der Waals surface area contributed by atoms with Crippen LogP contribution in [0.4, 0.5) is 4.39 Å². The predicted molar refractivity (Wildman–Crippen MR) is 75.2 cm³/mol. The third kappa shape index (κ3) is 2.46. The van der Waals surface area contributed by atoms with Gasteiger partial charge in [0.15, 0.2) is 0 Å². The van der Waals surface area contributed by atoms with Crippen LogP contribution in [0.3, 0.4) is 0 Å². The number of rotatable bonds is 3. The van der Waals surface area contributed by atoms with Crippen molar-refractivity contribution < 1.29 is 17.9 Å². The van der Waals surface area contributed by atoms with Crippen LogP contribution >= 0.6 is 0 Å².